The van der Waals surface area contributed by atoms with E-state index < -0.39 is 21.7 Å². The predicted octanol–water partition coefficient (Wildman–Crippen LogP) is 2.84. The van der Waals surface area contributed by atoms with Crippen LogP contribution in [0.3, 0.4) is 0 Å². The summed E-state index contributed by atoms with van der Waals surface area (Å²) in [7, 11) is -2.46. The normalized spacial score (nSPS) is 14.1. The van der Waals surface area contributed by atoms with Gasteiger partial charge in [-0.3, -0.25) is 4.79 Å². The highest BCUT2D eigenvalue weighted by molar-refractivity contribution is 7.89. The Labute approximate surface area is 151 Å². The van der Waals surface area contributed by atoms with Crippen molar-refractivity contribution in [3.63, 3.8) is 0 Å². The molecule has 0 unspecified atom stereocenters. The molecule has 2 aromatic rings. The second-order valence-electron chi connectivity index (χ2n) is 6.20. The number of rotatable bonds is 6. The molecule has 0 aromatic heterocycles. The number of halogens is 1. The lowest BCUT2D eigenvalue weighted by molar-refractivity contribution is 0.102. The Balaban J connectivity index is 1.90. The number of sulfonamides is 1. The standard InChI is InChI=1S/C18H19FN2O4S/c1-11-3-7-15(14(19)9-11)20-18(22)12-4-8-16(25-2)17(10-12)26(23,24)21-13-5-6-13/h3-4,7-10,13,21H,5-6H2,1-2H3,(H,20,22). The first-order chi connectivity index (χ1) is 12.3. The molecule has 138 valence electrons. The molecule has 0 spiro atoms. The number of hydrogen-bond donors (Lipinski definition) is 2. The lowest BCUT2D eigenvalue weighted by Gasteiger charge is -2.12. The summed E-state index contributed by atoms with van der Waals surface area (Å²) >= 11 is 0. The third kappa shape index (κ3) is 4.03. The van der Waals surface area contributed by atoms with Crippen molar-refractivity contribution in [2.24, 2.45) is 0 Å². The maximum absolute atomic E-state index is 13.9. The Hall–Kier alpha value is -2.45. The Morgan fingerprint density at radius 3 is 2.54 bits per heavy atom. The molecular formula is C18H19FN2O4S. The molecular weight excluding hydrogens is 359 g/mol. The van der Waals surface area contributed by atoms with Crippen LogP contribution in [0.5, 0.6) is 5.75 Å². The Morgan fingerprint density at radius 1 is 1.19 bits per heavy atom. The van der Waals surface area contributed by atoms with Crippen molar-refractivity contribution in [1.82, 2.24) is 4.72 Å². The number of methoxy groups -OCH3 is 1. The molecule has 1 saturated carbocycles. The molecule has 1 aliphatic rings. The van der Waals surface area contributed by atoms with E-state index in [1.165, 1.54) is 37.4 Å². The molecule has 2 N–H and O–H groups in total. The SMILES string of the molecule is COc1ccc(C(=O)Nc2ccc(C)cc2F)cc1S(=O)(=O)NC1CC1. The molecule has 0 radical (unpaired) electrons. The third-order valence-electron chi connectivity index (χ3n) is 3.99. The molecule has 0 saturated heterocycles. The van der Waals surface area contributed by atoms with Crippen LogP contribution in [-0.4, -0.2) is 27.5 Å². The van der Waals surface area contributed by atoms with Crippen molar-refractivity contribution < 1.29 is 22.3 Å². The van der Waals surface area contributed by atoms with Crippen LogP contribution >= 0.6 is 0 Å². The van der Waals surface area contributed by atoms with Crippen LogP contribution in [0.25, 0.3) is 0 Å². The third-order valence-corrected chi connectivity index (χ3v) is 5.53. The number of carbonyl (C=O) groups is 1. The molecule has 0 bridgehead atoms. The molecule has 1 amide bonds. The van der Waals surface area contributed by atoms with Crippen LogP contribution in [0.4, 0.5) is 10.1 Å². The quantitative estimate of drug-likeness (QED) is 0.810. The van der Waals surface area contributed by atoms with Crippen LogP contribution < -0.4 is 14.8 Å². The van der Waals surface area contributed by atoms with Gasteiger partial charge in [-0.2, -0.15) is 0 Å². The lowest BCUT2D eigenvalue weighted by atomic mass is 10.1. The zero-order valence-corrected chi connectivity index (χ0v) is 15.2. The van der Waals surface area contributed by atoms with Gasteiger partial charge in [0.1, 0.15) is 16.5 Å². The average molecular weight is 378 g/mol. The summed E-state index contributed by atoms with van der Waals surface area (Å²) in [5.41, 5.74) is 0.836. The summed E-state index contributed by atoms with van der Waals surface area (Å²) in [5, 5.41) is 2.45. The fourth-order valence-corrected chi connectivity index (χ4v) is 3.93. The number of hydrogen-bond acceptors (Lipinski definition) is 4. The maximum atomic E-state index is 13.9. The van der Waals surface area contributed by atoms with E-state index in [1.807, 2.05) is 0 Å². The van der Waals surface area contributed by atoms with Gasteiger partial charge in [-0.15, -0.1) is 0 Å². The molecule has 1 fully saturated rings. The summed E-state index contributed by atoms with van der Waals surface area (Å²) in [4.78, 5) is 12.3. The largest absolute Gasteiger partial charge is 0.495 e. The minimum atomic E-state index is -3.81. The fraction of sp³-hybridized carbons (Fsp3) is 0.278. The predicted molar refractivity (Wildman–Crippen MR) is 95.4 cm³/mol. The van der Waals surface area contributed by atoms with Gasteiger partial charge in [-0.1, -0.05) is 6.07 Å². The summed E-state index contributed by atoms with van der Waals surface area (Å²) in [6.45, 7) is 1.74. The van der Waals surface area contributed by atoms with Crippen LogP contribution in [0, 0.1) is 12.7 Å². The van der Waals surface area contributed by atoms with E-state index in [0.29, 0.717) is 0 Å². The monoisotopic (exact) mass is 378 g/mol. The van der Waals surface area contributed by atoms with E-state index >= 15 is 0 Å². The van der Waals surface area contributed by atoms with E-state index in [0.717, 1.165) is 18.4 Å². The van der Waals surface area contributed by atoms with E-state index in [1.54, 1.807) is 13.0 Å². The highest BCUT2D eigenvalue weighted by Gasteiger charge is 2.30. The number of nitrogens with one attached hydrogen (secondary N) is 2. The van der Waals surface area contributed by atoms with Gasteiger partial charge in [0.05, 0.1) is 12.8 Å². The fourth-order valence-electron chi connectivity index (χ4n) is 2.43. The van der Waals surface area contributed by atoms with Crippen molar-refractivity contribution in [3.05, 3.63) is 53.3 Å². The topological polar surface area (TPSA) is 84.5 Å². The van der Waals surface area contributed by atoms with Crippen molar-refractivity contribution in [2.45, 2.75) is 30.7 Å². The van der Waals surface area contributed by atoms with Crippen LogP contribution in [-0.2, 0) is 10.0 Å². The molecule has 8 heteroatoms. The first-order valence-electron chi connectivity index (χ1n) is 8.08. The highest BCUT2D eigenvalue weighted by atomic mass is 32.2. The number of aryl methyl sites for hydroxylation is 1. The van der Waals surface area contributed by atoms with E-state index in [-0.39, 0.29) is 27.9 Å². The Bertz CT molecular complexity index is 956. The van der Waals surface area contributed by atoms with E-state index in [2.05, 4.69) is 10.0 Å². The maximum Gasteiger partial charge on any atom is 0.255 e. The van der Waals surface area contributed by atoms with Gasteiger partial charge < -0.3 is 10.1 Å². The van der Waals surface area contributed by atoms with Crippen molar-refractivity contribution in [3.8, 4) is 5.75 Å². The minimum Gasteiger partial charge on any atom is -0.495 e. The van der Waals surface area contributed by atoms with Gasteiger partial charge in [0.25, 0.3) is 5.91 Å². The van der Waals surface area contributed by atoms with Crippen molar-refractivity contribution >= 4 is 21.6 Å². The molecule has 6 nitrogen and oxygen atoms in total. The number of ether oxygens (including phenoxy) is 1. The Morgan fingerprint density at radius 2 is 1.92 bits per heavy atom. The van der Waals surface area contributed by atoms with Gasteiger partial charge in [0.2, 0.25) is 10.0 Å². The molecule has 26 heavy (non-hydrogen) atoms. The van der Waals surface area contributed by atoms with Crippen molar-refractivity contribution in [2.75, 3.05) is 12.4 Å². The number of anilines is 1. The van der Waals surface area contributed by atoms with Gasteiger partial charge in [-0.25, -0.2) is 17.5 Å². The lowest BCUT2D eigenvalue weighted by Crippen LogP contribution is -2.26. The molecule has 0 aliphatic heterocycles. The molecule has 2 aromatic carbocycles. The summed E-state index contributed by atoms with van der Waals surface area (Å²) in [6, 6.07) is 8.41. The molecule has 0 heterocycles. The first kappa shape index (κ1) is 18.3. The van der Waals surface area contributed by atoms with Gasteiger partial charge in [-0.05, 0) is 55.7 Å². The van der Waals surface area contributed by atoms with Gasteiger partial charge in [0, 0.05) is 11.6 Å². The number of amides is 1. The number of carbonyl (C=O) groups excluding carboxylic acids is 1. The first-order valence-corrected chi connectivity index (χ1v) is 9.56. The zero-order chi connectivity index (χ0) is 18.9. The van der Waals surface area contributed by atoms with Crippen molar-refractivity contribution in [1.29, 1.82) is 0 Å². The average Bonchev–Trinajstić information content (AvgIpc) is 3.40. The van der Waals surface area contributed by atoms with E-state index in [9.17, 15) is 17.6 Å². The highest BCUT2D eigenvalue weighted by Crippen LogP contribution is 2.28. The van der Waals surface area contributed by atoms with Gasteiger partial charge in [0.15, 0.2) is 0 Å². The summed E-state index contributed by atoms with van der Waals surface area (Å²) in [6.07, 6.45) is 1.57. The summed E-state index contributed by atoms with van der Waals surface area (Å²) in [5.74, 6) is -1.04. The molecule has 3 rings (SSSR count). The van der Waals surface area contributed by atoms with Crippen LogP contribution in [0.1, 0.15) is 28.8 Å². The molecule has 0 atom stereocenters. The Kier molecular flexibility index (Phi) is 4.97. The van der Waals surface area contributed by atoms with E-state index in [4.69, 9.17) is 4.74 Å². The minimum absolute atomic E-state index is 0.0249. The molecule has 1 aliphatic carbocycles. The van der Waals surface area contributed by atoms with Gasteiger partial charge >= 0.3 is 0 Å². The second-order valence-corrected chi connectivity index (χ2v) is 7.88. The zero-order valence-electron chi connectivity index (χ0n) is 14.4. The van der Waals surface area contributed by atoms with Crippen LogP contribution in [0.15, 0.2) is 41.3 Å². The number of benzene rings is 2. The second kappa shape index (κ2) is 7.05. The van der Waals surface area contributed by atoms with Crippen LogP contribution in [0.2, 0.25) is 0 Å². The summed E-state index contributed by atoms with van der Waals surface area (Å²) < 4.78 is 46.6. The smallest absolute Gasteiger partial charge is 0.255 e.